The first-order valence-corrected chi connectivity index (χ1v) is 20.3. The molecule has 0 saturated carbocycles. The molecule has 2 unspecified atom stereocenters. The predicted molar refractivity (Wildman–Crippen MR) is 217 cm³/mol. The normalized spacial score (nSPS) is 23.2. The molecule has 2 fully saturated rings. The first-order chi connectivity index (χ1) is 28.8. The Hall–Kier alpha value is -5.32. The Morgan fingerprint density at radius 1 is 0.864 bits per heavy atom. The number of benzene rings is 3. The fourth-order valence-corrected chi connectivity index (χ4v) is 7.02. The molecule has 0 aliphatic carbocycles. The van der Waals surface area contributed by atoms with Crippen molar-refractivity contribution in [1.29, 1.82) is 0 Å². The van der Waals surface area contributed by atoms with Crippen molar-refractivity contribution in [2.75, 3.05) is 19.8 Å². The second-order valence-electron chi connectivity index (χ2n) is 14.7. The van der Waals surface area contributed by atoms with Crippen LogP contribution in [0.2, 0.25) is 0 Å². The van der Waals surface area contributed by atoms with Gasteiger partial charge < -0.3 is 43.7 Å². The molecule has 0 spiro atoms. The number of rotatable bonds is 18. The van der Waals surface area contributed by atoms with Crippen LogP contribution >= 0.6 is 0 Å². The van der Waals surface area contributed by atoms with Crippen LogP contribution in [0.3, 0.4) is 0 Å². The maximum atomic E-state index is 13.3. The zero-order chi connectivity index (χ0) is 41.3. The van der Waals surface area contributed by atoms with Crippen molar-refractivity contribution in [1.82, 2.24) is 20.9 Å². The molecule has 3 aliphatic rings. The van der Waals surface area contributed by atoms with Crippen LogP contribution in [0.25, 0.3) is 0 Å². The summed E-state index contributed by atoms with van der Waals surface area (Å²) in [6.07, 6.45) is 4.62. The number of aliphatic imine (C=N–C) groups is 1. The smallest absolute Gasteiger partial charge is 0.413 e. The van der Waals surface area contributed by atoms with Gasteiger partial charge in [0.25, 0.3) is 0 Å². The van der Waals surface area contributed by atoms with E-state index in [4.69, 9.17) is 33.4 Å². The van der Waals surface area contributed by atoms with Crippen molar-refractivity contribution in [3.63, 3.8) is 0 Å². The summed E-state index contributed by atoms with van der Waals surface area (Å²) in [5.41, 5.74) is 2.48. The maximum Gasteiger partial charge on any atom is 0.413 e. The summed E-state index contributed by atoms with van der Waals surface area (Å²) in [6, 6.07) is 27.0. The number of esters is 1. The van der Waals surface area contributed by atoms with Crippen LogP contribution in [0.5, 0.6) is 0 Å². The molecule has 15 heteroatoms. The number of nitrogens with one attached hydrogen (secondary N) is 3. The summed E-state index contributed by atoms with van der Waals surface area (Å²) in [4.78, 5) is 45.9. The van der Waals surface area contributed by atoms with Gasteiger partial charge in [-0.3, -0.25) is 10.6 Å². The van der Waals surface area contributed by atoms with Gasteiger partial charge in [0.2, 0.25) is 0 Å². The van der Waals surface area contributed by atoms with Gasteiger partial charge in [0.05, 0.1) is 12.7 Å². The highest BCUT2D eigenvalue weighted by molar-refractivity contribution is 6.02. The van der Waals surface area contributed by atoms with E-state index in [0.29, 0.717) is 32.4 Å². The molecule has 0 radical (unpaired) electrons. The van der Waals surface area contributed by atoms with Crippen LogP contribution in [0.4, 0.5) is 9.59 Å². The quantitative estimate of drug-likeness (QED) is 0.0708. The van der Waals surface area contributed by atoms with Crippen molar-refractivity contribution in [2.45, 2.75) is 108 Å². The first kappa shape index (κ1) is 43.3. The lowest BCUT2D eigenvalue weighted by Gasteiger charge is -2.45. The standard InChI is InChI=1S/C44H55N5O10/c1-44(45-24-13-11-21-36(41(51)55-29-32-15-5-2-6-16-32)46-42(52)56-30-33-17-7-3-8-18-33)48-38(47-43(53)57-31-34-19-9-4-10-20-34)23-25-49(44)40-37(27-35(28-50)58-40)59-39-22-12-14-26-54-39/h2-10,15-20,23,25,35-37,39-40,45,50H,11-14,21-22,24,26-31H2,1H3,(H,46,52)(H,47,48,53)/t35-,36-,37?,39?,40+,44-/m0/s1. The lowest BCUT2D eigenvalue weighted by atomic mass is 10.1. The van der Waals surface area contributed by atoms with E-state index in [1.807, 2.05) is 103 Å². The van der Waals surface area contributed by atoms with Gasteiger partial charge >= 0.3 is 18.2 Å². The fourth-order valence-electron chi connectivity index (χ4n) is 7.02. The molecule has 0 bridgehead atoms. The minimum atomic E-state index is -1.17. The molecule has 3 aromatic carbocycles. The molecule has 4 N–H and O–H groups in total. The summed E-state index contributed by atoms with van der Waals surface area (Å²) in [5.74, 6) is -1.48. The minimum Gasteiger partial charge on any atom is -0.459 e. The van der Waals surface area contributed by atoms with Crippen LogP contribution in [0.1, 0.15) is 68.6 Å². The van der Waals surface area contributed by atoms with E-state index >= 15 is 0 Å². The number of aliphatic hydroxyl groups is 1. The Morgan fingerprint density at radius 3 is 2.10 bits per heavy atom. The van der Waals surface area contributed by atoms with E-state index in [1.54, 1.807) is 12.3 Å². The summed E-state index contributed by atoms with van der Waals surface area (Å²) >= 11 is 0. The molecule has 3 heterocycles. The second kappa shape index (κ2) is 22.2. The Bertz CT molecular complexity index is 1830. The first-order valence-electron chi connectivity index (χ1n) is 20.3. The number of alkyl carbamates (subject to hydrolysis) is 2. The molecule has 6 atom stereocenters. The molecule has 3 aliphatic heterocycles. The van der Waals surface area contributed by atoms with Crippen LogP contribution in [-0.2, 0) is 53.0 Å². The molecular weight excluding hydrogens is 759 g/mol. The molecule has 59 heavy (non-hydrogen) atoms. The average molecular weight is 814 g/mol. The topological polar surface area (TPSA) is 179 Å². The number of aliphatic hydroxyl groups excluding tert-OH is 1. The van der Waals surface area contributed by atoms with Crippen molar-refractivity contribution in [3.8, 4) is 0 Å². The van der Waals surface area contributed by atoms with Gasteiger partial charge in [-0.2, -0.15) is 0 Å². The largest absolute Gasteiger partial charge is 0.459 e. The van der Waals surface area contributed by atoms with E-state index in [1.165, 1.54) is 0 Å². The highest BCUT2D eigenvalue weighted by atomic mass is 16.7. The molecule has 316 valence electrons. The molecule has 2 saturated heterocycles. The van der Waals surface area contributed by atoms with Crippen LogP contribution in [0, 0.1) is 0 Å². The Labute approximate surface area is 345 Å². The molecular formula is C44H55N5O10. The number of nitrogens with zero attached hydrogens (tertiary/aromatic N) is 2. The van der Waals surface area contributed by atoms with E-state index in [9.17, 15) is 19.5 Å². The highest BCUT2D eigenvalue weighted by Crippen LogP contribution is 2.34. The van der Waals surface area contributed by atoms with Crippen LogP contribution in [0.15, 0.2) is 108 Å². The number of hydrogen-bond acceptors (Lipinski definition) is 13. The molecule has 0 aromatic heterocycles. The highest BCUT2D eigenvalue weighted by Gasteiger charge is 2.47. The number of ether oxygens (including phenoxy) is 6. The summed E-state index contributed by atoms with van der Waals surface area (Å²) < 4.78 is 35.2. The number of amides is 2. The number of carbonyl (C=O) groups is 3. The third-order valence-corrected chi connectivity index (χ3v) is 10.2. The lowest BCUT2D eigenvalue weighted by molar-refractivity contribution is -0.216. The minimum absolute atomic E-state index is 0.0529. The van der Waals surface area contributed by atoms with Crippen molar-refractivity contribution >= 4 is 24.0 Å². The third kappa shape index (κ3) is 13.3. The number of amidine groups is 1. The number of unbranched alkanes of at least 4 members (excludes halogenated alkanes) is 1. The van der Waals surface area contributed by atoms with Crippen LogP contribution < -0.4 is 16.0 Å². The van der Waals surface area contributed by atoms with Crippen molar-refractivity contribution in [3.05, 3.63) is 120 Å². The van der Waals surface area contributed by atoms with E-state index in [2.05, 4.69) is 16.0 Å². The second-order valence-corrected chi connectivity index (χ2v) is 14.7. The zero-order valence-electron chi connectivity index (χ0n) is 33.4. The van der Waals surface area contributed by atoms with Gasteiger partial charge in [0, 0.05) is 19.2 Å². The van der Waals surface area contributed by atoms with Gasteiger partial charge in [0.1, 0.15) is 37.8 Å². The summed E-state index contributed by atoms with van der Waals surface area (Å²) in [7, 11) is 0. The SMILES string of the molecule is C[C@]1(NCCCC[C@H](NC(=O)OCc2ccccc2)C(=O)OCc2ccccc2)N=C(NC(=O)OCc2ccccc2)C=CN1[C@@H]1O[C@H](CO)CC1OC1CCCCO1. The van der Waals surface area contributed by atoms with Gasteiger partial charge in [-0.05, 0) is 74.8 Å². The zero-order valence-corrected chi connectivity index (χ0v) is 33.4. The lowest BCUT2D eigenvalue weighted by Crippen LogP contribution is -2.61. The average Bonchev–Trinajstić information content (AvgIpc) is 3.67. The predicted octanol–water partition coefficient (Wildman–Crippen LogP) is 5.63. The van der Waals surface area contributed by atoms with E-state index < -0.39 is 48.4 Å². The molecule has 3 aromatic rings. The molecule has 6 rings (SSSR count). The van der Waals surface area contributed by atoms with E-state index in [0.717, 1.165) is 36.0 Å². The van der Waals surface area contributed by atoms with Gasteiger partial charge in [-0.25, -0.2) is 19.4 Å². The van der Waals surface area contributed by atoms with Crippen molar-refractivity contribution < 1.29 is 47.9 Å². The number of hydrogen-bond donors (Lipinski definition) is 4. The molecule has 15 nitrogen and oxygen atoms in total. The molecule has 2 amide bonds. The van der Waals surface area contributed by atoms with Gasteiger partial charge in [-0.1, -0.05) is 91.0 Å². The fraction of sp³-hybridized carbons (Fsp3) is 0.455. The van der Waals surface area contributed by atoms with Gasteiger partial charge in [0.15, 0.2) is 18.3 Å². The Morgan fingerprint density at radius 2 is 1.49 bits per heavy atom. The number of carbonyl (C=O) groups excluding carboxylic acids is 3. The Kier molecular flexibility index (Phi) is 16.3. The summed E-state index contributed by atoms with van der Waals surface area (Å²) in [6.45, 7) is 2.90. The van der Waals surface area contributed by atoms with Crippen molar-refractivity contribution in [2.24, 2.45) is 4.99 Å². The van der Waals surface area contributed by atoms with Gasteiger partial charge in [-0.15, -0.1) is 0 Å². The third-order valence-electron chi connectivity index (χ3n) is 10.2. The summed E-state index contributed by atoms with van der Waals surface area (Å²) in [5, 5.41) is 19.1. The monoisotopic (exact) mass is 813 g/mol. The van der Waals surface area contributed by atoms with Crippen LogP contribution in [-0.4, -0.2) is 90.3 Å². The van der Waals surface area contributed by atoms with E-state index in [-0.39, 0.29) is 45.0 Å². The maximum absolute atomic E-state index is 13.3. The Balaban J connectivity index is 1.10.